The third-order valence-corrected chi connectivity index (χ3v) is 5.29. The Balaban J connectivity index is 2.25. The first-order valence-corrected chi connectivity index (χ1v) is 8.48. The van der Waals surface area contributed by atoms with Crippen molar-refractivity contribution < 1.29 is 0 Å². The molecular formula is C15H32N2S. The Morgan fingerprint density at radius 3 is 2.61 bits per heavy atom. The van der Waals surface area contributed by atoms with Gasteiger partial charge in [0.15, 0.2) is 0 Å². The number of hydrogen-bond donors (Lipinski definition) is 1. The van der Waals surface area contributed by atoms with Gasteiger partial charge in [0.2, 0.25) is 0 Å². The number of nitrogens with zero attached hydrogens (tertiary/aromatic N) is 1. The molecule has 108 valence electrons. The first-order chi connectivity index (χ1) is 8.31. The summed E-state index contributed by atoms with van der Waals surface area (Å²) in [4.78, 5) is 2.71. The smallest absolute Gasteiger partial charge is 0.0186 e. The highest BCUT2D eigenvalue weighted by molar-refractivity contribution is 8.00. The largest absolute Gasteiger partial charge is 0.312 e. The summed E-state index contributed by atoms with van der Waals surface area (Å²) >= 11 is 2.13. The lowest BCUT2D eigenvalue weighted by molar-refractivity contribution is 0.148. The molecule has 0 spiro atoms. The first kappa shape index (κ1) is 16.3. The van der Waals surface area contributed by atoms with Crippen molar-refractivity contribution in [3.63, 3.8) is 0 Å². The van der Waals surface area contributed by atoms with E-state index in [-0.39, 0.29) is 5.54 Å². The van der Waals surface area contributed by atoms with Gasteiger partial charge in [-0.3, -0.25) is 4.90 Å². The molecule has 0 radical (unpaired) electrons. The topological polar surface area (TPSA) is 15.3 Å². The quantitative estimate of drug-likeness (QED) is 0.773. The molecule has 18 heavy (non-hydrogen) atoms. The Kier molecular flexibility index (Phi) is 6.49. The highest BCUT2D eigenvalue weighted by Gasteiger charge is 2.28. The van der Waals surface area contributed by atoms with Crippen LogP contribution in [0.15, 0.2) is 0 Å². The lowest BCUT2D eigenvalue weighted by Gasteiger charge is -2.41. The van der Waals surface area contributed by atoms with E-state index in [1.54, 1.807) is 0 Å². The van der Waals surface area contributed by atoms with E-state index < -0.39 is 0 Å². The summed E-state index contributed by atoms with van der Waals surface area (Å²) in [7, 11) is 0. The van der Waals surface area contributed by atoms with E-state index in [4.69, 9.17) is 0 Å². The average Bonchev–Trinajstić information content (AvgIpc) is 2.26. The van der Waals surface area contributed by atoms with Crippen LogP contribution in [0.1, 0.15) is 54.4 Å². The van der Waals surface area contributed by atoms with Gasteiger partial charge < -0.3 is 5.32 Å². The van der Waals surface area contributed by atoms with Crippen LogP contribution in [0.4, 0.5) is 0 Å². The fourth-order valence-electron chi connectivity index (χ4n) is 2.61. The SMILES string of the molecule is CC1SCCN(C(C)CCCNC(C)(C)C)C1C. The van der Waals surface area contributed by atoms with Gasteiger partial charge in [0.25, 0.3) is 0 Å². The van der Waals surface area contributed by atoms with Crippen molar-refractivity contribution in [1.82, 2.24) is 10.2 Å². The van der Waals surface area contributed by atoms with Crippen LogP contribution in [0.3, 0.4) is 0 Å². The Morgan fingerprint density at radius 2 is 2.00 bits per heavy atom. The van der Waals surface area contributed by atoms with Crippen molar-refractivity contribution in [2.24, 2.45) is 0 Å². The summed E-state index contributed by atoms with van der Waals surface area (Å²) in [6.45, 7) is 16.3. The van der Waals surface area contributed by atoms with Crippen LogP contribution in [0, 0.1) is 0 Å². The van der Waals surface area contributed by atoms with Crippen LogP contribution >= 0.6 is 11.8 Å². The molecule has 1 saturated heterocycles. The minimum absolute atomic E-state index is 0.257. The van der Waals surface area contributed by atoms with Gasteiger partial charge in [0.05, 0.1) is 0 Å². The molecule has 1 aliphatic heterocycles. The lowest BCUT2D eigenvalue weighted by Crippen LogP contribution is -2.49. The summed E-state index contributed by atoms with van der Waals surface area (Å²) in [6, 6.07) is 1.46. The van der Waals surface area contributed by atoms with Crippen molar-refractivity contribution in [3.8, 4) is 0 Å². The molecule has 1 N–H and O–H groups in total. The minimum Gasteiger partial charge on any atom is -0.312 e. The predicted molar refractivity (Wildman–Crippen MR) is 84.5 cm³/mol. The Bertz CT molecular complexity index is 237. The van der Waals surface area contributed by atoms with Gasteiger partial charge in [0.1, 0.15) is 0 Å². The number of nitrogens with one attached hydrogen (secondary N) is 1. The molecule has 0 saturated carbocycles. The summed E-state index contributed by atoms with van der Waals surface area (Å²) in [5.41, 5.74) is 0.257. The minimum atomic E-state index is 0.257. The first-order valence-electron chi connectivity index (χ1n) is 7.43. The standard InChI is InChI=1S/C15H32N2S/c1-12(8-7-9-16-15(4,5)6)17-10-11-18-14(3)13(17)2/h12-14,16H,7-11H2,1-6H3. The molecule has 3 heteroatoms. The molecule has 0 aromatic heterocycles. The van der Waals surface area contributed by atoms with E-state index in [1.807, 2.05) is 0 Å². The van der Waals surface area contributed by atoms with E-state index in [1.165, 1.54) is 25.1 Å². The third-order valence-electron chi connectivity index (χ3n) is 3.95. The van der Waals surface area contributed by atoms with Crippen molar-refractivity contribution >= 4 is 11.8 Å². The zero-order valence-electron chi connectivity index (χ0n) is 13.1. The molecule has 3 atom stereocenters. The molecule has 3 unspecified atom stereocenters. The van der Waals surface area contributed by atoms with Crippen LogP contribution in [0.25, 0.3) is 0 Å². The zero-order valence-corrected chi connectivity index (χ0v) is 13.9. The van der Waals surface area contributed by atoms with E-state index >= 15 is 0 Å². The van der Waals surface area contributed by atoms with Crippen LogP contribution < -0.4 is 5.32 Å². The Morgan fingerprint density at radius 1 is 1.33 bits per heavy atom. The molecule has 1 rings (SSSR count). The third kappa shape index (κ3) is 5.50. The van der Waals surface area contributed by atoms with Gasteiger partial charge in [-0.05, 0) is 54.0 Å². The van der Waals surface area contributed by atoms with Crippen molar-refractivity contribution in [2.75, 3.05) is 18.8 Å². The molecule has 0 aliphatic carbocycles. The van der Waals surface area contributed by atoms with Crippen LogP contribution in [-0.4, -0.2) is 46.6 Å². The second kappa shape index (κ2) is 7.16. The van der Waals surface area contributed by atoms with E-state index in [2.05, 4.69) is 63.5 Å². The zero-order chi connectivity index (χ0) is 13.8. The van der Waals surface area contributed by atoms with Crippen LogP contribution in [0.2, 0.25) is 0 Å². The highest BCUT2D eigenvalue weighted by atomic mass is 32.2. The molecule has 1 fully saturated rings. The maximum absolute atomic E-state index is 3.58. The number of thioether (sulfide) groups is 1. The lowest BCUT2D eigenvalue weighted by atomic mass is 10.1. The number of hydrogen-bond acceptors (Lipinski definition) is 3. The van der Waals surface area contributed by atoms with Gasteiger partial charge in [-0.1, -0.05) is 6.92 Å². The average molecular weight is 273 g/mol. The molecular weight excluding hydrogens is 240 g/mol. The van der Waals surface area contributed by atoms with Crippen molar-refractivity contribution in [1.29, 1.82) is 0 Å². The van der Waals surface area contributed by atoms with Crippen molar-refractivity contribution in [2.45, 2.75) is 77.3 Å². The van der Waals surface area contributed by atoms with Gasteiger partial charge in [-0.25, -0.2) is 0 Å². The van der Waals surface area contributed by atoms with Crippen LogP contribution in [0.5, 0.6) is 0 Å². The molecule has 0 amide bonds. The maximum Gasteiger partial charge on any atom is 0.0186 e. The van der Waals surface area contributed by atoms with Crippen LogP contribution in [-0.2, 0) is 0 Å². The molecule has 0 bridgehead atoms. The molecule has 1 heterocycles. The predicted octanol–water partition coefficient (Wildman–Crippen LogP) is 3.37. The van der Waals surface area contributed by atoms with Gasteiger partial charge in [0, 0.05) is 35.2 Å². The second-order valence-corrected chi connectivity index (χ2v) is 8.21. The van der Waals surface area contributed by atoms with E-state index in [0.29, 0.717) is 0 Å². The van der Waals surface area contributed by atoms with Gasteiger partial charge >= 0.3 is 0 Å². The Hall–Kier alpha value is 0.270. The molecule has 1 aliphatic rings. The molecule has 0 aromatic carbocycles. The highest BCUT2D eigenvalue weighted by Crippen LogP contribution is 2.26. The summed E-state index contributed by atoms with van der Waals surface area (Å²) < 4.78 is 0. The molecule has 2 nitrogen and oxygen atoms in total. The Labute approximate surface area is 118 Å². The van der Waals surface area contributed by atoms with Crippen molar-refractivity contribution in [3.05, 3.63) is 0 Å². The molecule has 0 aromatic rings. The monoisotopic (exact) mass is 272 g/mol. The summed E-state index contributed by atoms with van der Waals surface area (Å²) in [5, 5.41) is 4.36. The van der Waals surface area contributed by atoms with E-state index in [0.717, 1.165) is 23.9 Å². The fraction of sp³-hybridized carbons (Fsp3) is 1.00. The van der Waals surface area contributed by atoms with E-state index in [9.17, 15) is 0 Å². The van der Waals surface area contributed by atoms with Gasteiger partial charge in [-0.15, -0.1) is 0 Å². The fourth-order valence-corrected chi connectivity index (χ4v) is 3.73. The summed E-state index contributed by atoms with van der Waals surface area (Å²) in [5.74, 6) is 1.30. The maximum atomic E-state index is 3.58. The normalized spacial score (nSPS) is 28.3. The number of rotatable bonds is 5. The van der Waals surface area contributed by atoms with Gasteiger partial charge in [-0.2, -0.15) is 11.8 Å². The summed E-state index contributed by atoms with van der Waals surface area (Å²) in [6.07, 6.45) is 2.59. The second-order valence-electron chi connectivity index (χ2n) is 6.72.